The van der Waals surface area contributed by atoms with Gasteiger partial charge in [0.15, 0.2) is 0 Å². The molecule has 1 saturated carbocycles. The summed E-state index contributed by atoms with van der Waals surface area (Å²) in [5, 5.41) is 0. The zero-order chi connectivity index (χ0) is 7.68. The predicted molar refractivity (Wildman–Crippen MR) is 43.4 cm³/mol. The summed E-state index contributed by atoms with van der Waals surface area (Å²) in [6.07, 6.45) is 5.67. The lowest BCUT2D eigenvalue weighted by atomic mass is 9.83. The molecule has 0 spiro atoms. The van der Waals surface area contributed by atoms with Crippen LogP contribution in [0.3, 0.4) is 0 Å². The number of aryl methyl sites for hydroxylation is 1. The van der Waals surface area contributed by atoms with Gasteiger partial charge in [-0.2, -0.15) is 0 Å². The third-order valence-electron chi connectivity index (χ3n) is 2.35. The van der Waals surface area contributed by atoms with Crippen LogP contribution in [-0.2, 0) is 0 Å². The highest BCUT2D eigenvalue weighted by atomic mass is 14.8. The Morgan fingerprint density at radius 2 is 2.18 bits per heavy atom. The number of aromatic nitrogens is 2. The van der Waals surface area contributed by atoms with E-state index in [1.54, 1.807) is 6.33 Å². The van der Waals surface area contributed by atoms with E-state index >= 15 is 0 Å². The zero-order valence-electron chi connectivity index (χ0n) is 6.75. The summed E-state index contributed by atoms with van der Waals surface area (Å²) in [6.45, 7) is 2.02. The molecule has 2 rings (SSSR count). The molecule has 0 atom stereocenters. The first-order valence-corrected chi connectivity index (χ1v) is 4.15. The molecule has 0 unspecified atom stereocenters. The summed E-state index contributed by atoms with van der Waals surface area (Å²) in [7, 11) is 0. The van der Waals surface area contributed by atoms with Gasteiger partial charge in [-0.3, -0.25) is 0 Å². The second-order valence-corrected chi connectivity index (χ2v) is 3.21. The van der Waals surface area contributed by atoms with Crippen LogP contribution in [-0.4, -0.2) is 9.97 Å². The van der Waals surface area contributed by atoms with Crippen molar-refractivity contribution in [2.24, 2.45) is 0 Å². The Labute approximate surface area is 66.7 Å². The van der Waals surface area contributed by atoms with E-state index in [0.717, 1.165) is 11.6 Å². The van der Waals surface area contributed by atoms with Crippen LogP contribution in [0, 0.1) is 6.92 Å². The molecule has 0 aliphatic heterocycles. The molecule has 0 amide bonds. The summed E-state index contributed by atoms with van der Waals surface area (Å²) in [5.41, 5.74) is 2.32. The second-order valence-electron chi connectivity index (χ2n) is 3.21. The van der Waals surface area contributed by atoms with Crippen LogP contribution in [0.4, 0.5) is 0 Å². The van der Waals surface area contributed by atoms with E-state index in [9.17, 15) is 0 Å². The van der Waals surface area contributed by atoms with Crippen molar-refractivity contribution in [1.82, 2.24) is 9.97 Å². The molecular formula is C9H12N2. The molecule has 1 aromatic rings. The summed E-state index contributed by atoms with van der Waals surface area (Å²) < 4.78 is 0. The zero-order valence-corrected chi connectivity index (χ0v) is 6.75. The highest BCUT2D eigenvalue weighted by Crippen LogP contribution is 2.34. The molecule has 0 bridgehead atoms. The largest absolute Gasteiger partial charge is 0.242 e. The van der Waals surface area contributed by atoms with Crippen molar-refractivity contribution in [2.45, 2.75) is 32.1 Å². The van der Waals surface area contributed by atoms with E-state index in [0.29, 0.717) is 0 Å². The standard InChI is InChI=1S/C9H12N2/c1-7-5-9(11-6-10-7)8-3-2-4-8/h5-6,8H,2-4H2,1H3. The maximum Gasteiger partial charge on any atom is 0.115 e. The second kappa shape index (κ2) is 2.61. The van der Waals surface area contributed by atoms with Crippen LogP contribution in [0.5, 0.6) is 0 Å². The van der Waals surface area contributed by atoms with E-state index in [4.69, 9.17) is 0 Å². The van der Waals surface area contributed by atoms with Gasteiger partial charge in [0, 0.05) is 17.3 Å². The van der Waals surface area contributed by atoms with E-state index in [-0.39, 0.29) is 0 Å². The van der Waals surface area contributed by atoms with Crippen LogP contribution in [0.1, 0.15) is 36.6 Å². The summed E-state index contributed by atoms with van der Waals surface area (Å²) in [4.78, 5) is 8.32. The normalized spacial score (nSPS) is 17.9. The fourth-order valence-corrected chi connectivity index (χ4v) is 1.40. The van der Waals surface area contributed by atoms with Crippen LogP contribution in [0.2, 0.25) is 0 Å². The van der Waals surface area contributed by atoms with Crippen LogP contribution in [0.25, 0.3) is 0 Å². The van der Waals surface area contributed by atoms with Gasteiger partial charge in [-0.1, -0.05) is 6.42 Å². The molecule has 1 aromatic heterocycles. The van der Waals surface area contributed by atoms with Gasteiger partial charge >= 0.3 is 0 Å². The third-order valence-corrected chi connectivity index (χ3v) is 2.35. The molecule has 1 heterocycles. The number of nitrogens with zero attached hydrogens (tertiary/aromatic N) is 2. The van der Waals surface area contributed by atoms with Crippen molar-refractivity contribution in [3.05, 3.63) is 23.8 Å². The Kier molecular flexibility index (Phi) is 1.60. The molecule has 0 N–H and O–H groups in total. The van der Waals surface area contributed by atoms with Crippen molar-refractivity contribution in [3.8, 4) is 0 Å². The minimum Gasteiger partial charge on any atom is -0.242 e. The molecule has 0 radical (unpaired) electrons. The lowest BCUT2D eigenvalue weighted by Gasteiger charge is -2.24. The average molecular weight is 148 g/mol. The molecule has 58 valence electrons. The van der Waals surface area contributed by atoms with Gasteiger partial charge in [0.1, 0.15) is 6.33 Å². The minimum absolute atomic E-state index is 0.733. The Balaban J connectivity index is 2.23. The van der Waals surface area contributed by atoms with Crippen LogP contribution in [0.15, 0.2) is 12.4 Å². The molecule has 1 fully saturated rings. The van der Waals surface area contributed by atoms with Gasteiger partial charge in [0.05, 0.1) is 0 Å². The number of hydrogen-bond donors (Lipinski definition) is 0. The van der Waals surface area contributed by atoms with Crippen molar-refractivity contribution in [3.63, 3.8) is 0 Å². The summed E-state index contributed by atoms with van der Waals surface area (Å²) in [6, 6.07) is 2.10. The molecule has 0 saturated heterocycles. The van der Waals surface area contributed by atoms with E-state index in [1.807, 2.05) is 6.92 Å². The first-order chi connectivity index (χ1) is 5.36. The fourth-order valence-electron chi connectivity index (χ4n) is 1.40. The van der Waals surface area contributed by atoms with Gasteiger partial charge in [-0.05, 0) is 25.8 Å². The monoisotopic (exact) mass is 148 g/mol. The van der Waals surface area contributed by atoms with Gasteiger partial charge < -0.3 is 0 Å². The van der Waals surface area contributed by atoms with Crippen molar-refractivity contribution < 1.29 is 0 Å². The van der Waals surface area contributed by atoms with Gasteiger partial charge in [-0.25, -0.2) is 9.97 Å². The van der Waals surface area contributed by atoms with Crippen LogP contribution >= 0.6 is 0 Å². The lowest BCUT2D eigenvalue weighted by Crippen LogP contribution is -2.10. The first kappa shape index (κ1) is 6.77. The highest BCUT2D eigenvalue weighted by Gasteiger charge is 2.20. The molecular weight excluding hydrogens is 136 g/mol. The minimum atomic E-state index is 0.733. The van der Waals surface area contributed by atoms with Gasteiger partial charge in [-0.15, -0.1) is 0 Å². The molecule has 2 heteroatoms. The number of hydrogen-bond acceptors (Lipinski definition) is 2. The maximum atomic E-state index is 4.25. The van der Waals surface area contributed by atoms with Crippen molar-refractivity contribution >= 4 is 0 Å². The fraction of sp³-hybridized carbons (Fsp3) is 0.556. The van der Waals surface area contributed by atoms with E-state index < -0.39 is 0 Å². The quantitative estimate of drug-likeness (QED) is 0.609. The van der Waals surface area contributed by atoms with Crippen molar-refractivity contribution in [2.75, 3.05) is 0 Å². The third kappa shape index (κ3) is 1.25. The highest BCUT2D eigenvalue weighted by molar-refractivity contribution is 5.13. The molecule has 2 nitrogen and oxygen atoms in total. The van der Waals surface area contributed by atoms with Crippen LogP contribution < -0.4 is 0 Å². The topological polar surface area (TPSA) is 25.8 Å². The molecule has 1 aliphatic rings. The smallest absolute Gasteiger partial charge is 0.115 e. The predicted octanol–water partition coefficient (Wildman–Crippen LogP) is 2.05. The maximum absolute atomic E-state index is 4.25. The lowest BCUT2D eigenvalue weighted by molar-refractivity contribution is 0.410. The van der Waals surface area contributed by atoms with Gasteiger partial charge in [0.25, 0.3) is 0 Å². The Bertz CT molecular complexity index is 253. The summed E-state index contributed by atoms with van der Waals surface area (Å²) >= 11 is 0. The number of rotatable bonds is 1. The van der Waals surface area contributed by atoms with E-state index in [1.165, 1.54) is 25.0 Å². The Morgan fingerprint density at radius 1 is 1.36 bits per heavy atom. The molecule has 11 heavy (non-hydrogen) atoms. The first-order valence-electron chi connectivity index (χ1n) is 4.15. The Hall–Kier alpha value is -0.920. The van der Waals surface area contributed by atoms with Gasteiger partial charge in [0.2, 0.25) is 0 Å². The summed E-state index contributed by atoms with van der Waals surface area (Å²) in [5.74, 6) is 0.733. The Morgan fingerprint density at radius 3 is 2.73 bits per heavy atom. The van der Waals surface area contributed by atoms with Crippen molar-refractivity contribution in [1.29, 1.82) is 0 Å². The average Bonchev–Trinajstić information content (AvgIpc) is 1.83. The molecule has 0 aromatic carbocycles. The SMILES string of the molecule is Cc1cc(C2CCC2)ncn1. The molecule has 1 aliphatic carbocycles. The van der Waals surface area contributed by atoms with E-state index in [2.05, 4.69) is 16.0 Å².